The summed E-state index contributed by atoms with van der Waals surface area (Å²) in [6, 6.07) is 1.56. The molecule has 0 aliphatic carbocycles. The number of hydrogen-bond donors (Lipinski definition) is 2. The van der Waals surface area contributed by atoms with E-state index in [-0.39, 0.29) is 11.6 Å². The molecule has 0 amide bonds. The summed E-state index contributed by atoms with van der Waals surface area (Å²) in [7, 11) is 0. The van der Waals surface area contributed by atoms with Crippen LogP contribution in [-0.4, -0.2) is 25.8 Å². The number of nitrogens with zero attached hydrogens (tertiary/aromatic N) is 3. The van der Waals surface area contributed by atoms with Crippen molar-refractivity contribution in [3.05, 3.63) is 35.3 Å². The molecule has 1 aliphatic rings. The smallest absolute Gasteiger partial charge is 0.338 e. The Balaban J connectivity index is 1.64. The molecule has 7 nitrogen and oxygen atoms in total. The van der Waals surface area contributed by atoms with E-state index in [1.807, 2.05) is 6.92 Å². The molecular formula is C13H16N4O3. The summed E-state index contributed by atoms with van der Waals surface area (Å²) >= 11 is 0. The van der Waals surface area contributed by atoms with E-state index in [0.29, 0.717) is 12.3 Å². The summed E-state index contributed by atoms with van der Waals surface area (Å²) in [4.78, 5) is 10.8. The van der Waals surface area contributed by atoms with Gasteiger partial charge in [0.1, 0.15) is 23.7 Å². The summed E-state index contributed by atoms with van der Waals surface area (Å²) in [6.45, 7) is 3.43. The zero-order chi connectivity index (χ0) is 14.1. The lowest BCUT2D eigenvalue weighted by Crippen LogP contribution is -2.21. The average molecular weight is 276 g/mol. The molecule has 3 heterocycles. The van der Waals surface area contributed by atoms with Gasteiger partial charge in [0.2, 0.25) is 0 Å². The first kappa shape index (κ1) is 12.9. The third-order valence-electron chi connectivity index (χ3n) is 3.51. The SMILES string of the molecule is CC(NCc1cc(C(=O)O)co1)c1nnc2n1CCC2. The first-order chi connectivity index (χ1) is 9.65. The average Bonchev–Trinajstić information content (AvgIpc) is 3.11. The Labute approximate surface area is 115 Å². The van der Waals surface area contributed by atoms with Crippen LogP contribution in [0.25, 0.3) is 0 Å². The van der Waals surface area contributed by atoms with Gasteiger partial charge in [0, 0.05) is 13.0 Å². The largest absolute Gasteiger partial charge is 0.478 e. The van der Waals surface area contributed by atoms with Gasteiger partial charge in [0.15, 0.2) is 0 Å². The highest BCUT2D eigenvalue weighted by atomic mass is 16.4. The van der Waals surface area contributed by atoms with Crippen LogP contribution in [0, 0.1) is 0 Å². The number of aromatic carboxylic acids is 1. The van der Waals surface area contributed by atoms with Crippen molar-refractivity contribution >= 4 is 5.97 Å². The number of carbonyl (C=O) groups is 1. The maximum absolute atomic E-state index is 10.8. The Morgan fingerprint density at radius 2 is 2.45 bits per heavy atom. The molecule has 2 aromatic heterocycles. The zero-order valence-corrected chi connectivity index (χ0v) is 11.2. The van der Waals surface area contributed by atoms with E-state index in [0.717, 1.165) is 31.0 Å². The molecular weight excluding hydrogens is 260 g/mol. The Hall–Kier alpha value is -2.15. The minimum atomic E-state index is -0.983. The molecule has 106 valence electrons. The molecule has 0 spiro atoms. The van der Waals surface area contributed by atoms with E-state index in [2.05, 4.69) is 20.1 Å². The van der Waals surface area contributed by atoms with Gasteiger partial charge in [-0.2, -0.15) is 0 Å². The van der Waals surface area contributed by atoms with Crippen LogP contribution in [0.15, 0.2) is 16.7 Å². The van der Waals surface area contributed by atoms with Crippen LogP contribution in [-0.2, 0) is 19.5 Å². The van der Waals surface area contributed by atoms with Crippen molar-refractivity contribution in [1.82, 2.24) is 20.1 Å². The third kappa shape index (κ3) is 2.32. The van der Waals surface area contributed by atoms with Crippen molar-refractivity contribution in [3.8, 4) is 0 Å². The van der Waals surface area contributed by atoms with Crippen LogP contribution in [0.2, 0.25) is 0 Å². The van der Waals surface area contributed by atoms with Crippen LogP contribution in [0.5, 0.6) is 0 Å². The van der Waals surface area contributed by atoms with E-state index in [9.17, 15) is 4.79 Å². The predicted molar refractivity (Wildman–Crippen MR) is 69.3 cm³/mol. The Morgan fingerprint density at radius 1 is 1.60 bits per heavy atom. The second kappa shape index (κ2) is 5.09. The molecule has 1 atom stereocenters. The van der Waals surface area contributed by atoms with Crippen molar-refractivity contribution in [1.29, 1.82) is 0 Å². The number of aromatic nitrogens is 3. The summed E-state index contributed by atoms with van der Waals surface area (Å²) < 4.78 is 7.34. The van der Waals surface area contributed by atoms with E-state index >= 15 is 0 Å². The van der Waals surface area contributed by atoms with Crippen molar-refractivity contribution in [2.24, 2.45) is 0 Å². The predicted octanol–water partition coefficient (Wildman–Crippen LogP) is 1.37. The van der Waals surface area contributed by atoms with Crippen LogP contribution in [0.1, 0.15) is 47.2 Å². The normalized spacial score (nSPS) is 15.2. The maximum atomic E-state index is 10.8. The highest BCUT2D eigenvalue weighted by molar-refractivity contribution is 5.87. The van der Waals surface area contributed by atoms with E-state index in [4.69, 9.17) is 9.52 Å². The summed E-state index contributed by atoms with van der Waals surface area (Å²) in [5.74, 6) is 1.57. The van der Waals surface area contributed by atoms with Crippen molar-refractivity contribution in [3.63, 3.8) is 0 Å². The number of furan rings is 1. The van der Waals surface area contributed by atoms with Gasteiger partial charge in [-0.25, -0.2) is 4.79 Å². The summed E-state index contributed by atoms with van der Waals surface area (Å²) in [5.41, 5.74) is 0.165. The van der Waals surface area contributed by atoms with Crippen LogP contribution >= 0.6 is 0 Å². The fourth-order valence-electron chi connectivity index (χ4n) is 2.42. The Morgan fingerprint density at radius 3 is 3.20 bits per heavy atom. The highest BCUT2D eigenvalue weighted by Gasteiger charge is 2.21. The summed E-state index contributed by atoms with van der Waals surface area (Å²) in [5, 5.41) is 20.5. The third-order valence-corrected chi connectivity index (χ3v) is 3.51. The number of aryl methyl sites for hydroxylation is 1. The minimum Gasteiger partial charge on any atom is -0.478 e. The molecule has 2 N–H and O–H groups in total. The Bertz CT molecular complexity index is 631. The van der Waals surface area contributed by atoms with Gasteiger partial charge in [-0.05, 0) is 19.4 Å². The van der Waals surface area contributed by atoms with Gasteiger partial charge in [-0.15, -0.1) is 10.2 Å². The van der Waals surface area contributed by atoms with Crippen LogP contribution < -0.4 is 5.32 Å². The molecule has 2 aromatic rings. The number of hydrogen-bond acceptors (Lipinski definition) is 5. The minimum absolute atomic E-state index is 0.0349. The molecule has 1 aliphatic heterocycles. The summed E-state index contributed by atoms with van der Waals surface area (Å²) in [6.07, 6.45) is 3.35. The topological polar surface area (TPSA) is 93.2 Å². The lowest BCUT2D eigenvalue weighted by Gasteiger charge is -2.12. The monoisotopic (exact) mass is 276 g/mol. The maximum Gasteiger partial charge on any atom is 0.338 e. The Kier molecular flexibility index (Phi) is 3.27. The van der Waals surface area contributed by atoms with Crippen molar-refractivity contribution < 1.29 is 14.3 Å². The molecule has 0 saturated heterocycles. The van der Waals surface area contributed by atoms with Gasteiger partial charge in [0.25, 0.3) is 0 Å². The molecule has 0 bridgehead atoms. The van der Waals surface area contributed by atoms with Gasteiger partial charge < -0.3 is 19.4 Å². The lowest BCUT2D eigenvalue weighted by atomic mass is 10.3. The van der Waals surface area contributed by atoms with E-state index in [1.165, 1.54) is 12.3 Å². The molecule has 0 saturated carbocycles. The molecule has 3 rings (SSSR count). The first-order valence-electron chi connectivity index (χ1n) is 6.61. The van der Waals surface area contributed by atoms with E-state index in [1.54, 1.807) is 0 Å². The molecule has 0 radical (unpaired) electrons. The highest BCUT2D eigenvalue weighted by Crippen LogP contribution is 2.19. The number of carboxylic acids is 1. The first-order valence-corrected chi connectivity index (χ1v) is 6.61. The van der Waals surface area contributed by atoms with Crippen LogP contribution in [0.3, 0.4) is 0 Å². The zero-order valence-electron chi connectivity index (χ0n) is 11.2. The van der Waals surface area contributed by atoms with Gasteiger partial charge in [-0.3, -0.25) is 0 Å². The van der Waals surface area contributed by atoms with Crippen LogP contribution in [0.4, 0.5) is 0 Å². The van der Waals surface area contributed by atoms with E-state index < -0.39 is 5.97 Å². The molecule has 7 heteroatoms. The van der Waals surface area contributed by atoms with Gasteiger partial charge in [-0.1, -0.05) is 0 Å². The number of fused-ring (bicyclic) bond motifs is 1. The molecule has 0 aromatic carbocycles. The fourth-order valence-corrected chi connectivity index (χ4v) is 2.42. The number of rotatable bonds is 5. The quantitative estimate of drug-likeness (QED) is 0.856. The van der Waals surface area contributed by atoms with Crippen molar-refractivity contribution in [2.75, 3.05) is 0 Å². The second-order valence-electron chi connectivity index (χ2n) is 4.94. The second-order valence-corrected chi connectivity index (χ2v) is 4.94. The van der Waals surface area contributed by atoms with Gasteiger partial charge >= 0.3 is 5.97 Å². The van der Waals surface area contributed by atoms with Gasteiger partial charge in [0.05, 0.1) is 18.2 Å². The molecule has 20 heavy (non-hydrogen) atoms. The van der Waals surface area contributed by atoms with Crippen molar-refractivity contribution in [2.45, 2.75) is 38.9 Å². The number of nitrogens with one attached hydrogen (secondary N) is 1. The molecule has 1 unspecified atom stereocenters. The lowest BCUT2D eigenvalue weighted by molar-refractivity contribution is 0.0696. The standard InChI is InChI=1S/C13H16N4O3/c1-8(12-16-15-11-3-2-4-17(11)12)14-6-10-5-9(7-20-10)13(18)19/h5,7-8,14H,2-4,6H2,1H3,(H,18,19). The fraction of sp³-hybridized carbons (Fsp3) is 0.462. The molecule has 0 fully saturated rings. The number of carboxylic acid groups (broad SMARTS) is 1.